The third-order valence-electron chi connectivity index (χ3n) is 4.83. The number of thioether (sulfide) groups is 1. The number of imidazole rings is 1. The van der Waals surface area contributed by atoms with Gasteiger partial charge in [-0.25, -0.2) is 4.98 Å². The number of aromatic nitrogens is 2. The van der Waals surface area contributed by atoms with Gasteiger partial charge in [-0.05, 0) is 30.7 Å². The van der Waals surface area contributed by atoms with Crippen LogP contribution >= 0.6 is 11.8 Å². The average Bonchev–Trinajstić information content (AvgIpc) is 3.05. The molecule has 1 aromatic carbocycles. The maximum absolute atomic E-state index is 12.4. The topological polar surface area (TPSA) is 58.4 Å². The number of rotatable bonds is 6. The molecule has 1 atom stereocenters. The molecule has 1 saturated heterocycles. The van der Waals surface area contributed by atoms with Crippen molar-refractivity contribution in [1.82, 2.24) is 14.5 Å². The van der Waals surface area contributed by atoms with E-state index in [9.17, 15) is 9.90 Å². The van der Waals surface area contributed by atoms with E-state index in [4.69, 9.17) is 0 Å². The zero-order valence-electron chi connectivity index (χ0n) is 14.5. The largest absolute Gasteiger partial charge is 0.392 e. The third kappa shape index (κ3) is 4.86. The van der Waals surface area contributed by atoms with Gasteiger partial charge in [-0.1, -0.05) is 42.1 Å². The van der Waals surface area contributed by atoms with E-state index in [-0.39, 0.29) is 17.9 Å². The maximum atomic E-state index is 12.4. The number of aliphatic hydroxyl groups is 1. The Balaban J connectivity index is 1.43. The van der Waals surface area contributed by atoms with Gasteiger partial charge in [0.15, 0.2) is 5.16 Å². The molecule has 3 rings (SSSR count). The van der Waals surface area contributed by atoms with Crippen LogP contribution < -0.4 is 0 Å². The number of amides is 1. The fraction of sp³-hybridized carbons (Fsp3) is 0.474. The van der Waals surface area contributed by atoms with Gasteiger partial charge >= 0.3 is 0 Å². The Morgan fingerprint density at radius 1 is 1.32 bits per heavy atom. The van der Waals surface area contributed by atoms with Gasteiger partial charge < -0.3 is 14.6 Å². The molecule has 1 fully saturated rings. The molecular formula is C19H25N3O2S. The summed E-state index contributed by atoms with van der Waals surface area (Å²) in [5, 5.41) is 11.4. The van der Waals surface area contributed by atoms with Crippen molar-refractivity contribution >= 4 is 17.7 Å². The number of benzene rings is 1. The highest BCUT2D eigenvalue weighted by atomic mass is 32.2. The van der Waals surface area contributed by atoms with Crippen LogP contribution in [0.5, 0.6) is 0 Å². The van der Waals surface area contributed by atoms with Crippen LogP contribution in [0.4, 0.5) is 0 Å². The van der Waals surface area contributed by atoms with E-state index >= 15 is 0 Å². The molecule has 2 heterocycles. The summed E-state index contributed by atoms with van der Waals surface area (Å²) in [7, 11) is 1.93. The van der Waals surface area contributed by atoms with E-state index in [1.807, 2.05) is 40.9 Å². The standard InChI is InChI=1S/C19H25N3O2S/c1-21-12-9-20-19(21)25-14-18(24)22-10-7-16(8-11-22)17(23)13-15-5-3-2-4-6-15/h2-6,9,12,16-17,23H,7-8,10-11,13-14H2,1H3. The molecule has 1 aliphatic heterocycles. The van der Waals surface area contributed by atoms with Gasteiger partial charge in [0, 0.05) is 32.5 Å². The van der Waals surface area contributed by atoms with Gasteiger partial charge in [0.2, 0.25) is 5.91 Å². The Morgan fingerprint density at radius 2 is 2.04 bits per heavy atom. The lowest BCUT2D eigenvalue weighted by molar-refractivity contribution is -0.130. The summed E-state index contributed by atoms with van der Waals surface area (Å²) < 4.78 is 1.92. The summed E-state index contributed by atoms with van der Waals surface area (Å²) in [6.07, 6.45) is 5.72. The van der Waals surface area contributed by atoms with Crippen molar-refractivity contribution in [3.8, 4) is 0 Å². The number of nitrogens with zero attached hydrogens (tertiary/aromatic N) is 3. The zero-order chi connectivity index (χ0) is 17.6. The second-order valence-corrected chi connectivity index (χ2v) is 7.53. The van der Waals surface area contributed by atoms with Crippen molar-refractivity contribution in [3.63, 3.8) is 0 Å². The van der Waals surface area contributed by atoms with Crippen LogP contribution in [0.3, 0.4) is 0 Å². The number of piperidine rings is 1. The molecule has 5 nitrogen and oxygen atoms in total. The van der Waals surface area contributed by atoms with Gasteiger partial charge in [-0.3, -0.25) is 4.79 Å². The van der Waals surface area contributed by atoms with Crippen LogP contribution in [0.1, 0.15) is 18.4 Å². The second kappa shape index (κ2) is 8.54. The molecular weight excluding hydrogens is 334 g/mol. The van der Waals surface area contributed by atoms with E-state index in [0.29, 0.717) is 12.2 Å². The molecule has 1 unspecified atom stereocenters. The van der Waals surface area contributed by atoms with Crippen LogP contribution in [0.2, 0.25) is 0 Å². The number of carbonyl (C=O) groups excluding carboxylic acids is 1. The number of aryl methyl sites for hydroxylation is 1. The summed E-state index contributed by atoms with van der Waals surface area (Å²) in [5.74, 6) is 0.845. The molecule has 1 aliphatic rings. The van der Waals surface area contributed by atoms with E-state index < -0.39 is 0 Å². The Labute approximate surface area is 153 Å². The van der Waals surface area contributed by atoms with Crippen LogP contribution in [0.15, 0.2) is 47.9 Å². The average molecular weight is 359 g/mol. The molecule has 0 radical (unpaired) electrons. The van der Waals surface area contributed by atoms with Crippen LogP contribution in [-0.4, -0.2) is 50.4 Å². The molecule has 0 aliphatic carbocycles. The number of likely N-dealkylation sites (tertiary alicyclic amines) is 1. The molecule has 6 heteroatoms. The Kier molecular flexibility index (Phi) is 6.15. The summed E-state index contributed by atoms with van der Waals surface area (Å²) in [5.41, 5.74) is 1.17. The highest BCUT2D eigenvalue weighted by Gasteiger charge is 2.27. The quantitative estimate of drug-likeness (QED) is 0.805. The smallest absolute Gasteiger partial charge is 0.233 e. The Morgan fingerprint density at radius 3 is 2.68 bits per heavy atom. The SMILES string of the molecule is Cn1ccnc1SCC(=O)N1CCC(C(O)Cc2ccccc2)CC1. The summed E-state index contributed by atoms with van der Waals surface area (Å²) in [4.78, 5) is 18.5. The number of carbonyl (C=O) groups is 1. The lowest BCUT2D eigenvalue weighted by Crippen LogP contribution is -2.42. The fourth-order valence-corrected chi connectivity index (χ4v) is 4.10. The zero-order valence-corrected chi connectivity index (χ0v) is 15.4. The van der Waals surface area contributed by atoms with Crippen molar-refractivity contribution in [3.05, 3.63) is 48.3 Å². The van der Waals surface area contributed by atoms with E-state index in [1.165, 1.54) is 17.3 Å². The Bertz CT molecular complexity index is 681. The minimum Gasteiger partial charge on any atom is -0.392 e. The summed E-state index contributed by atoms with van der Waals surface area (Å²) in [6, 6.07) is 10.1. The third-order valence-corrected chi connectivity index (χ3v) is 5.87. The van der Waals surface area contributed by atoms with Crippen LogP contribution in [0.25, 0.3) is 0 Å². The van der Waals surface area contributed by atoms with Gasteiger partial charge in [-0.2, -0.15) is 0 Å². The van der Waals surface area contributed by atoms with Crippen molar-refractivity contribution < 1.29 is 9.90 Å². The van der Waals surface area contributed by atoms with Crippen molar-refractivity contribution in [2.75, 3.05) is 18.8 Å². The van der Waals surface area contributed by atoms with Gasteiger partial charge in [0.05, 0.1) is 11.9 Å². The van der Waals surface area contributed by atoms with E-state index in [1.54, 1.807) is 6.20 Å². The van der Waals surface area contributed by atoms with Crippen molar-refractivity contribution in [1.29, 1.82) is 0 Å². The van der Waals surface area contributed by atoms with Crippen LogP contribution in [-0.2, 0) is 18.3 Å². The second-order valence-electron chi connectivity index (χ2n) is 6.58. The number of hydrogen-bond donors (Lipinski definition) is 1. The van der Waals surface area contributed by atoms with Crippen LogP contribution in [0, 0.1) is 5.92 Å². The van der Waals surface area contributed by atoms with E-state index in [2.05, 4.69) is 17.1 Å². The predicted molar refractivity (Wildman–Crippen MR) is 99.4 cm³/mol. The molecule has 1 amide bonds. The monoisotopic (exact) mass is 359 g/mol. The molecule has 0 bridgehead atoms. The minimum atomic E-state index is -0.332. The number of aliphatic hydroxyl groups excluding tert-OH is 1. The van der Waals surface area contributed by atoms with Gasteiger partial charge in [-0.15, -0.1) is 0 Å². The lowest BCUT2D eigenvalue weighted by Gasteiger charge is -2.34. The maximum Gasteiger partial charge on any atom is 0.233 e. The lowest BCUT2D eigenvalue weighted by atomic mass is 9.88. The van der Waals surface area contributed by atoms with Crippen molar-refractivity contribution in [2.24, 2.45) is 13.0 Å². The first kappa shape index (κ1) is 18.0. The fourth-order valence-electron chi connectivity index (χ4n) is 3.26. The van der Waals surface area contributed by atoms with Gasteiger partial charge in [0.1, 0.15) is 0 Å². The first-order chi connectivity index (χ1) is 12.1. The Hall–Kier alpha value is -1.79. The molecule has 0 spiro atoms. The molecule has 2 aromatic rings. The van der Waals surface area contributed by atoms with E-state index in [0.717, 1.165) is 31.1 Å². The molecule has 134 valence electrons. The molecule has 1 aromatic heterocycles. The first-order valence-corrected chi connectivity index (χ1v) is 9.72. The first-order valence-electron chi connectivity index (χ1n) is 8.73. The summed E-state index contributed by atoms with van der Waals surface area (Å²) in [6.45, 7) is 1.47. The summed E-state index contributed by atoms with van der Waals surface area (Å²) >= 11 is 1.48. The normalized spacial score (nSPS) is 16.8. The number of hydrogen-bond acceptors (Lipinski definition) is 4. The molecule has 0 saturated carbocycles. The minimum absolute atomic E-state index is 0.156. The van der Waals surface area contributed by atoms with Crippen molar-refractivity contribution in [2.45, 2.75) is 30.5 Å². The highest BCUT2D eigenvalue weighted by Crippen LogP contribution is 2.24. The highest BCUT2D eigenvalue weighted by molar-refractivity contribution is 7.99. The predicted octanol–water partition coefficient (Wildman–Crippen LogP) is 2.35. The molecule has 25 heavy (non-hydrogen) atoms. The van der Waals surface area contributed by atoms with Gasteiger partial charge in [0.25, 0.3) is 0 Å². The molecule has 1 N–H and O–H groups in total.